The Morgan fingerprint density at radius 1 is 1.47 bits per heavy atom. The highest BCUT2D eigenvalue weighted by molar-refractivity contribution is 9.10. The maximum absolute atomic E-state index is 11.1. The first-order valence-electron chi connectivity index (χ1n) is 4.72. The lowest BCUT2D eigenvalue weighted by Gasteiger charge is -2.05. The van der Waals surface area contributed by atoms with E-state index in [9.17, 15) is 4.79 Å². The van der Waals surface area contributed by atoms with Gasteiger partial charge < -0.3 is 15.7 Å². The molecule has 0 fully saturated rings. The summed E-state index contributed by atoms with van der Waals surface area (Å²) in [5, 5.41) is 0. The number of rotatable bonds is 2. The summed E-state index contributed by atoms with van der Waals surface area (Å²) in [6, 6.07) is 4.04. The monoisotopic (exact) mass is 269 g/mol. The molecule has 1 unspecified atom stereocenters. The van der Waals surface area contributed by atoms with Gasteiger partial charge in [-0.15, -0.1) is 0 Å². The van der Waals surface area contributed by atoms with Gasteiger partial charge in [0, 0.05) is 10.5 Å². The number of benzene rings is 1. The minimum absolute atomic E-state index is 0.111. The van der Waals surface area contributed by atoms with Crippen LogP contribution in [0.15, 0.2) is 21.4 Å². The van der Waals surface area contributed by atoms with Crippen molar-refractivity contribution < 1.29 is 0 Å². The fraction of sp³-hybridized carbons (Fsp3) is 0.300. The van der Waals surface area contributed by atoms with E-state index in [1.807, 2.05) is 19.1 Å². The van der Waals surface area contributed by atoms with Gasteiger partial charge >= 0.3 is 5.69 Å². The molecule has 0 saturated carbocycles. The average molecular weight is 270 g/mol. The van der Waals surface area contributed by atoms with Crippen LogP contribution in [0, 0.1) is 0 Å². The molecule has 80 valence electrons. The predicted molar refractivity (Wildman–Crippen MR) is 64.0 cm³/mol. The Kier molecular flexibility index (Phi) is 2.67. The van der Waals surface area contributed by atoms with Crippen LogP contribution in [-0.4, -0.2) is 16.0 Å². The Bertz CT molecular complexity index is 541. The van der Waals surface area contributed by atoms with Gasteiger partial charge in [0.25, 0.3) is 0 Å². The fourth-order valence-electron chi connectivity index (χ4n) is 1.65. The van der Waals surface area contributed by atoms with Crippen molar-refractivity contribution in [2.45, 2.75) is 19.4 Å². The summed E-state index contributed by atoms with van der Waals surface area (Å²) in [6.07, 6.45) is 0.793. The van der Waals surface area contributed by atoms with E-state index in [0.29, 0.717) is 0 Å². The van der Waals surface area contributed by atoms with Crippen LogP contribution < -0.4 is 11.4 Å². The molecule has 1 aromatic carbocycles. The number of hydrogen-bond acceptors (Lipinski definition) is 2. The Morgan fingerprint density at radius 2 is 2.20 bits per heavy atom. The zero-order valence-corrected chi connectivity index (χ0v) is 9.89. The molecule has 0 aliphatic carbocycles. The number of nitrogens with two attached hydrogens (primary N) is 1. The molecule has 0 amide bonds. The first kappa shape index (κ1) is 10.4. The van der Waals surface area contributed by atoms with Crippen molar-refractivity contribution in [1.29, 1.82) is 0 Å². The molecular weight excluding hydrogens is 258 g/mol. The van der Waals surface area contributed by atoms with Crippen LogP contribution in [-0.2, 0) is 6.42 Å². The third-order valence-electron chi connectivity index (χ3n) is 2.19. The number of aromatic nitrogens is 2. The summed E-state index contributed by atoms with van der Waals surface area (Å²) in [6.45, 7) is 1.96. The van der Waals surface area contributed by atoms with E-state index in [2.05, 4.69) is 25.9 Å². The third kappa shape index (κ3) is 2.13. The maximum Gasteiger partial charge on any atom is 0.323 e. The summed E-state index contributed by atoms with van der Waals surface area (Å²) in [7, 11) is 0. The van der Waals surface area contributed by atoms with Crippen LogP contribution in [0.5, 0.6) is 0 Å². The van der Waals surface area contributed by atoms with Crippen LogP contribution in [0.1, 0.15) is 12.5 Å². The molecule has 1 atom stereocenters. The van der Waals surface area contributed by atoms with Gasteiger partial charge in [0.1, 0.15) is 0 Å². The van der Waals surface area contributed by atoms with Crippen molar-refractivity contribution in [3.63, 3.8) is 0 Å². The lowest BCUT2D eigenvalue weighted by Crippen LogP contribution is -2.17. The van der Waals surface area contributed by atoms with E-state index >= 15 is 0 Å². The van der Waals surface area contributed by atoms with Gasteiger partial charge in [-0.2, -0.15) is 0 Å². The van der Waals surface area contributed by atoms with E-state index in [1.165, 1.54) is 0 Å². The second kappa shape index (κ2) is 3.83. The predicted octanol–water partition coefficient (Wildman–Crippen LogP) is 1.51. The molecule has 0 aliphatic heterocycles. The molecule has 5 heteroatoms. The highest BCUT2D eigenvalue weighted by atomic mass is 79.9. The van der Waals surface area contributed by atoms with Crippen molar-refractivity contribution in [3.8, 4) is 0 Å². The van der Waals surface area contributed by atoms with E-state index in [1.54, 1.807) is 0 Å². The van der Waals surface area contributed by atoms with Gasteiger partial charge in [0.2, 0.25) is 0 Å². The smallest absolute Gasteiger partial charge is 0.323 e. The molecule has 2 rings (SSSR count). The normalized spacial score (nSPS) is 13.3. The van der Waals surface area contributed by atoms with Gasteiger partial charge in [-0.05, 0) is 47.0 Å². The van der Waals surface area contributed by atoms with E-state index in [4.69, 9.17) is 5.73 Å². The number of aromatic amines is 2. The van der Waals surface area contributed by atoms with Crippen molar-refractivity contribution in [2.24, 2.45) is 5.73 Å². The van der Waals surface area contributed by atoms with Crippen LogP contribution in [0.4, 0.5) is 0 Å². The second-order valence-corrected chi connectivity index (χ2v) is 4.62. The number of H-pyrrole nitrogens is 2. The SMILES string of the molecule is CC(N)Cc1cc(Br)c2[nH]c(=O)[nH]c2c1. The highest BCUT2D eigenvalue weighted by Crippen LogP contribution is 2.22. The summed E-state index contributed by atoms with van der Waals surface area (Å²) in [5.41, 5.74) is 8.26. The summed E-state index contributed by atoms with van der Waals surface area (Å²) >= 11 is 3.42. The van der Waals surface area contributed by atoms with E-state index in [0.717, 1.165) is 27.5 Å². The third-order valence-corrected chi connectivity index (χ3v) is 2.82. The zero-order valence-electron chi connectivity index (χ0n) is 8.30. The summed E-state index contributed by atoms with van der Waals surface area (Å²) in [5.74, 6) is 0. The zero-order chi connectivity index (χ0) is 11.0. The largest absolute Gasteiger partial charge is 0.328 e. The number of imidazole rings is 1. The molecule has 0 bridgehead atoms. The topological polar surface area (TPSA) is 74.7 Å². The molecule has 0 aliphatic rings. The molecule has 0 spiro atoms. The lowest BCUT2D eigenvalue weighted by atomic mass is 10.1. The quantitative estimate of drug-likeness (QED) is 0.773. The molecule has 4 nitrogen and oxygen atoms in total. The van der Waals surface area contributed by atoms with Crippen LogP contribution in [0.3, 0.4) is 0 Å². The van der Waals surface area contributed by atoms with E-state index < -0.39 is 0 Å². The van der Waals surface area contributed by atoms with Gasteiger partial charge in [0.05, 0.1) is 11.0 Å². The number of nitrogens with one attached hydrogen (secondary N) is 2. The van der Waals surface area contributed by atoms with Gasteiger partial charge in [-0.3, -0.25) is 0 Å². The molecular formula is C10H12BrN3O. The first-order valence-corrected chi connectivity index (χ1v) is 5.51. The van der Waals surface area contributed by atoms with Gasteiger partial charge in [-0.1, -0.05) is 0 Å². The number of halogens is 1. The van der Waals surface area contributed by atoms with Gasteiger partial charge in [0.15, 0.2) is 0 Å². The number of fused-ring (bicyclic) bond motifs is 1. The summed E-state index contributed by atoms with van der Waals surface area (Å²) in [4.78, 5) is 16.6. The molecule has 1 aromatic heterocycles. The van der Waals surface area contributed by atoms with Crippen molar-refractivity contribution >= 4 is 27.0 Å². The average Bonchev–Trinajstić information content (AvgIpc) is 2.44. The molecule has 0 saturated heterocycles. The standard InChI is InChI=1S/C10H12BrN3O/c1-5(12)2-6-3-7(11)9-8(4-6)13-10(15)14-9/h3-5H,2,12H2,1H3,(H2,13,14,15). The Hall–Kier alpha value is -1.07. The molecule has 2 aromatic rings. The van der Waals surface area contributed by atoms with Crippen molar-refractivity contribution in [3.05, 3.63) is 32.7 Å². The van der Waals surface area contributed by atoms with E-state index in [-0.39, 0.29) is 11.7 Å². The Labute approximate surface area is 95.0 Å². The van der Waals surface area contributed by atoms with Crippen molar-refractivity contribution in [1.82, 2.24) is 9.97 Å². The van der Waals surface area contributed by atoms with Crippen molar-refractivity contribution in [2.75, 3.05) is 0 Å². The van der Waals surface area contributed by atoms with Gasteiger partial charge in [-0.25, -0.2) is 4.79 Å². The van der Waals surface area contributed by atoms with Crippen LogP contribution in [0.25, 0.3) is 11.0 Å². The van der Waals surface area contributed by atoms with Crippen LogP contribution in [0.2, 0.25) is 0 Å². The highest BCUT2D eigenvalue weighted by Gasteiger charge is 2.06. The first-order chi connectivity index (χ1) is 7.06. The molecule has 0 radical (unpaired) electrons. The Morgan fingerprint density at radius 3 is 2.87 bits per heavy atom. The maximum atomic E-state index is 11.1. The fourth-order valence-corrected chi connectivity index (χ4v) is 2.25. The summed E-state index contributed by atoms with van der Waals surface area (Å²) < 4.78 is 0.883. The number of hydrogen-bond donors (Lipinski definition) is 3. The molecule has 4 N–H and O–H groups in total. The minimum Gasteiger partial charge on any atom is -0.328 e. The van der Waals surface area contributed by atoms with Crippen LogP contribution >= 0.6 is 15.9 Å². The minimum atomic E-state index is -0.191. The second-order valence-electron chi connectivity index (χ2n) is 3.76. The Balaban J connectivity index is 2.56. The molecule has 1 heterocycles. The molecule has 15 heavy (non-hydrogen) atoms. The lowest BCUT2D eigenvalue weighted by molar-refractivity contribution is 0.738.